The van der Waals surface area contributed by atoms with E-state index in [-0.39, 0.29) is 30.0 Å². The minimum atomic E-state index is -4.49. The smallest absolute Gasteiger partial charge is 0.422 e. The maximum Gasteiger partial charge on any atom is 0.422 e. The zero-order chi connectivity index (χ0) is 27.4. The minimum absolute atomic E-state index is 0.00378. The van der Waals surface area contributed by atoms with Crippen LogP contribution in [0.2, 0.25) is 0 Å². The second-order valence-corrected chi connectivity index (χ2v) is 9.47. The zero-order valence-electron chi connectivity index (χ0n) is 20.0. The van der Waals surface area contributed by atoms with E-state index in [4.69, 9.17) is 4.74 Å². The quantitative estimate of drug-likeness (QED) is 0.451. The number of ether oxygens (including phenoxy) is 1. The highest BCUT2D eigenvalue weighted by Crippen LogP contribution is 2.43. The molecule has 2 amide bonds. The fraction of sp³-hybridized carbons (Fsp3) is 0.400. The van der Waals surface area contributed by atoms with Crippen molar-refractivity contribution >= 4 is 17.5 Å². The number of piperazine rings is 1. The number of benzene rings is 2. The van der Waals surface area contributed by atoms with Gasteiger partial charge in [0.2, 0.25) is 11.8 Å². The second-order valence-electron chi connectivity index (χ2n) is 9.47. The Morgan fingerprint density at radius 1 is 1.21 bits per heavy atom. The van der Waals surface area contributed by atoms with Crippen molar-refractivity contribution in [2.24, 2.45) is 5.10 Å². The molecule has 2 unspecified atom stereocenters. The zero-order valence-corrected chi connectivity index (χ0v) is 20.0. The van der Waals surface area contributed by atoms with Crippen LogP contribution in [0.5, 0.6) is 5.75 Å². The van der Waals surface area contributed by atoms with Gasteiger partial charge in [0.1, 0.15) is 11.8 Å². The van der Waals surface area contributed by atoms with Crippen molar-refractivity contribution in [3.8, 4) is 5.75 Å². The third-order valence-electron chi connectivity index (χ3n) is 6.96. The molecule has 1 fully saturated rings. The minimum Gasteiger partial charge on any atom is -0.484 e. The number of carbonyl (C=O) groups is 2. The van der Waals surface area contributed by atoms with E-state index in [0.29, 0.717) is 24.0 Å². The van der Waals surface area contributed by atoms with Gasteiger partial charge in [-0.05, 0) is 48.2 Å². The van der Waals surface area contributed by atoms with Gasteiger partial charge in [0, 0.05) is 12.0 Å². The predicted molar refractivity (Wildman–Crippen MR) is 122 cm³/mol. The van der Waals surface area contributed by atoms with E-state index in [0.717, 1.165) is 12.1 Å². The average Bonchev–Trinajstić information content (AvgIpc) is 3.38. The molecular weight excluding hydrogens is 518 g/mol. The first-order chi connectivity index (χ1) is 17.9. The number of carbonyl (C=O) groups excluding carboxylic acids is 2. The molecule has 1 saturated heterocycles. The predicted octanol–water partition coefficient (Wildman–Crippen LogP) is 3.30. The molecule has 38 heavy (non-hydrogen) atoms. The highest BCUT2D eigenvalue weighted by Gasteiger charge is 2.54. The number of amides is 2. The van der Waals surface area contributed by atoms with Crippen LogP contribution in [-0.2, 0) is 21.5 Å². The summed E-state index contributed by atoms with van der Waals surface area (Å²) in [5.41, 5.74) is 0.308. The number of nitrogens with zero attached hydrogens (tertiary/aromatic N) is 2. The van der Waals surface area contributed by atoms with Gasteiger partial charge in [-0.3, -0.25) is 14.6 Å². The van der Waals surface area contributed by atoms with Crippen LogP contribution in [0.4, 0.5) is 26.3 Å². The number of hydrogen-bond donors (Lipinski definition) is 2. The summed E-state index contributed by atoms with van der Waals surface area (Å²) in [6.45, 7) is 0.275. The number of nitrogens with one attached hydrogen (secondary N) is 2. The highest BCUT2D eigenvalue weighted by atomic mass is 19.4. The summed E-state index contributed by atoms with van der Waals surface area (Å²) in [6.07, 6.45) is -3.56. The summed E-state index contributed by atoms with van der Waals surface area (Å²) in [4.78, 5) is 25.7. The largest absolute Gasteiger partial charge is 0.484 e. The summed E-state index contributed by atoms with van der Waals surface area (Å²) >= 11 is 0. The van der Waals surface area contributed by atoms with Crippen molar-refractivity contribution in [2.75, 3.05) is 13.2 Å². The van der Waals surface area contributed by atoms with Crippen molar-refractivity contribution in [3.63, 3.8) is 0 Å². The molecule has 0 saturated carbocycles. The Morgan fingerprint density at radius 2 is 1.92 bits per heavy atom. The number of hydrogen-bond acceptors (Lipinski definition) is 5. The molecule has 13 heteroatoms. The molecule has 2 aliphatic heterocycles. The number of hydrazone groups is 1. The third-order valence-corrected chi connectivity index (χ3v) is 6.96. The third kappa shape index (κ3) is 4.54. The number of aryl methyl sites for hydroxylation is 1. The molecule has 3 aliphatic rings. The van der Waals surface area contributed by atoms with Gasteiger partial charge in [0.25, 0.3) is 0 Å². The van der Waals surface area contributed by atoms with E-state index in [1.165, 1.54) is 17.1 Å². The van der Waals surface area contributed by atoms with Crippen LogP contribution in [0.25, 0.3) is 0 Å². The Bertz CT molecular complexity index is 1320. The summed E-state index contributed by atoms with van der Waals surface area (Å²) < 4.78 is 84.1. The monoisotopic (exact) mass is 540 g/mol. The van der Waals surface area contributed by atoms with E-state index in [1.807, 2.05) is 0 Å². The second kappa shape index (κ2) is 9.21. The molecule has 0 radical (unpaired) electrons. The van der Waals surface area contributed by atoms with E-state index in [9.17, 15) is 35.9 Å². The first-order valence-electron chi connectivity index (χ1n) is 11.8. The van der Waals surface area contributed by atoms with Crippen LogP contribution in [0.3, 0.4) is 0 Å². The maximum absolute atomic E-state index is 14.0. The standard InChI is InChI=1S/C25H22F6N4O3/c1-2-18(36)32-21-20(13-8-16(26)19(28)17(27)9-13)34-35-10-24(33-23(37)22(21)35)6-5-12-7-14(3-4-15(12)24)38-11-25(29,30)31/h3-4,7-9,21-22H,2,5-6,10-11H2,1H3,(H,32,36)(H,33,37)/t21?,22?,24-/m0/s1. The molecule has 2 aromatic carbocycles. The summed E-state index contributed by atoms with van der Waals surface area (Å²) in [7, 11) is 0. The van der Waals surface area contributed by atoms with Gasteiger partial charge in [-0.2, -0.15) is 18.3 Å². The van der Waals surface area contributed by atoms with Crippen LogP contribution < -0.4 is 15.4 Å². The first-order valence-corrected chi connectivity index (χ1v) is 11.8. The Labute approximate surface area is 212 Å². The SMILES string of the molecule is CCC(=O)NC1C(c2cc(F)c(F)c(F)c2)=NN2C[C@]3(CCc4cc(OCC(F)(F)F)ccc43)NC(=O)C12. The molecule has 1 spiro atoms. The summed E-state index contributed by atoms with van der Waals surface area (Å²) in [5, 5.41) is 11.5. The lowest BCUT2D eigenvalue weighted by molar-refractivity contribution is -0.153. The highest BCUT2D eigenvalue weighted by molar-refractivity contribution is 6.10. The van der Waals surface area contributed by atoms with Crippen molar-refractivity contribution < 1.29 is 40.7 Å². The van der Waals surface area contributed by atoms with Crippen LogP contribution in [0.1, 0.15) is 36.5 Å². The van der Waals surface area contributed by atoms with Crippen molar-refractivity contribution in [2.45, 2.75) is 50.0 Å². The lowest BCUT2D eigenvalue weighted by Gasteiger charge is -2.43. The number of rotatable bonds is 5. The summed E-state index contributed by atoms with van der Waals surface area (Å²) in [5.74, 6) is -5.44. The van der Waals surface area contributed by atoms with E-state index in [1.54, 1.807) is 13.0 Å². The molecule has 2 aromatic rings. The molecule has 1 aliphatic carbocycles. The Balaban J connectivity index is 1.48. The Hall–Kier alpha value is -3.77. The van der Waals surface area contributed by atoms with Gasteiger partial charge in [-0.1, -0.05) is 13.0 Å². The number of alkyl halides is 3. The molecule has 0 bridgehead atoms. The molecule has 2 heterocycles. The molecule has 3 atom stereocenters. The fourth-order valence-corrected chi connectivity index (χ4v) is 5.27. The van der Waals surface area contributed by atoms with E-state index in [2.05, 4.69) is 15.7 Å². The van der Waals surface area contributed by atoms with Crippen LogP contribution >= 0.6 is 0 Å². The van der Waals surface area contributed by atoms with Gasteiger partial charge in [-0.15, -0.1) is 0 Å². The van der Waals surface area contributed by atoms with Gasteiger partial charge < -0.3 is 15.4 Å². The van der Waals surface area contributed by atoms with Crippen molar-refractivity contribution in [3.05, 3.63) is 64.5 Å². The van der Waals surface area contributed by atoms with Crippen LogP contribution in [-0.4, -0.2) is 53.9 Å². The Morgan fingerprint density at radius 3 is 2.58 bits per heavy atom. The normalized spacial score (nSPS) is 24.1. The van der Waals surface area contributed by atoms with Crippen molar-refractivity contribution in [1.29, 1.82) is 0 Å². The van der Waals surface area contributed by atoms with Gasteiger partial charge in [-0.25, -0.2) is 13.2 Å². The van der Waals surface area contributed by atoms with Gasteiger partial charge >= 0.3 is 6.18 Å². The van der Waals surface area contributed by atoms with Crippen LogP contribution in [0, 0.1) is 17.5 Å². The lowest BCUT2D eigenvalue weighted by Crippen LogP contribution is -2.66. The van der Waals surface area contributed by atoms with Crippen LogP contribution in [0.15, 0.2) is 35.4 Å². The average molecular weight is 540 g/mol. The molecule has 2 N–H and O–H groups in total. The van der Waals surface area contributed by atoms with Crippen molar-refractivity contribution in [1.82, 2.24) is 15.6 Å². The lowest BCUT2D eigenvalue weighted by atomic mass is 9.86. The van der Waals surface area contributed by atoms with E-state index < -0.39 is 59.7 Å². The fourth-order valence-electron chi connectivity index (χ4n) is 5.27. The topological polar surface area (TPSA) is 83.0 Å². The molecule has 0 aromatic heterocycles. The summed E-state index contributed by atoms with van der Waals surface area (Å²) in [6, 6.07) is 3.88. The van der Waals surface area contributed by atoms with Gasteiger partial charge in [0.05, 0.1) is 17.8 Å². The number of fused-ring (bicyclic) bond motifs is 3. The Kier molecular flexibility index (Phi) is 6.27. The number of halogens is 6. The molecular formula is C25H22F6N4O3. The molecule has 5 rings (SSSR count). The molecule has 7 nitrogen and oxygen atoms in total. The first kappa shape index (κ1) is 25.9. The maximum atomic E-state index is 14.0. The molecule has 202 valence electrons. The van der Waals surface area contributed by atoms with E-state index >= 15 is 0 Å². The van der Waals surface area contributed by atoms with Gasteiger partial charge in [0.15, 0.2) is 30.1 Å².